The van der Waals surface area contributed by atoms with E-state index in [-0.39, 0.29) is 18.9 Å². The number of alkyl halides is 3. The van der Waals surface area contributed by atoms with E-state index in [4.69, 9.17) is 4.74 Å². The van der Waals surface area contributed by atoms with Gasteiger partial charge in [0.05, 0.1) is 17.9 Å². The summed E-state index contributed by atoms with van der Waals surface area (Å²) in [5, 5.41) is 9.35. The lowest BCUT2D eigenvalue weighted by Crippen LogP contribution is -2.47. The minimum absolute atomic E-state index is 0.00136. The Balaban J connectivity index is 3.07. The van der Waals surface area contributed by atoms with Crippen LogP contribution in [0, 0.1) is 17.8 Å². The van der Waals surface area contributed by atoms with Crippen molar-refractivity contribution in [2.75, 3.05) is 6.61 Å². The molecule has 0 aromatic rings. The first kappa shape index (κ1) is 21.2. The maximum Gasteiger partial charge on any atom is 0.416 e. The van der Waals surface area contributed by atoms with Gasteiger partial charge in [0.2, 0.25) is 5.91 Å². The number of hydrogen-bond acceptors (Lipinski definition) is 4. The Kier molecular flexibility index (Phi) is 7.25. The molecule has 6 nitrogen and oxygen atoms in total. The topological polar surface area (TPSA) is 83.9 Å². The normalized spacial score (nSPS) is 20.5. The second-order valence-corrected chi connectivity index (χ2v) is 6.59. The molecule has 0 spiro atoms. The summed E-state index contributed by atoms with van der Waals surface area (Å²) in [6, 6.07) is -0.545. The molecule has 0 aromatic carbocycles. The third-order valence-electron chi connectivity index (χ3n) is 4.37. The number of cyclic esters (lactones) is 1. The number of carboxylic acid groups (broad SMARTS) is 1. The lowest BCUT2D eigenvalue weighted by molar-refractivity contribution is -0.157. The number of ether oxygens (including phenoxy) is 1. The van der Waals surface area contributed by atoms with E-state index in [9.17, 15) is 32.7 Å². The second-order valence-electron chi connectivity index (χ2n) is 6.59. The fourth-order valence-corrected chi connectivity index (χ4v) is 2.98. The Hall–Kier alpha value is -1.80. The van der Waals surface area contributed by atoms with E-state index >= 15 is 0 Å². The van der Waals surface area contributed by atoms with Crippen LogP contribution in [0.1, 0.15) is 46.5 Å². The predicted molar refractivity (Wildman–Crippen MR) is 81.6 cm³/mol. The molecule has 2 unspecified atom stereocenters. The first-order valence-electron chi connectivity index (χ1n) is 8.29. The van der Waals surface area contributed by atoms with Gasteiger partial charge in [0.15, 0.2) is 0 Å². The maximum absolute atomic E-state index is 12.8. The van der Waals surface area contributed by atoms with E-state index in [1.165, 1.54) is 0 Å². The molecule has 1 aliphatic rings. The molecule has 0 saturated carbocycles. The molecule has 3 atom stereocenters. The van der Waals surface area contributed by atoms with Crippen LogP contribution in [-0.2, 0) is 14.3 Å². The Labute approximate surface area is 144 Å². The van der Waals surface area contributed by atoms with Crippen LogP contribution in [0.2, 0.25) is 0 Å². The van der Waals surface area contributed by atoms with Gasteiger partial charge in [-0.2, -0.15) is 13.2 Å². The lowest BCUT2D eigenvalue weighted by atomic mass is 9.83. The summed E-state index contributed by atoms with van der Waals surface area (Å²) >= 11 is 0. The number of aliphatic carboxylic acids is 1. The lowest BCUT2D eigenvalue weighted by Gasteiger charge is -2.29. The molecule has 0 radical (unpaired) electrons. The molecule has 25 heavy (non-hydrogen) atoms. The summed E-state index contributed by atoms with van der Waals surface area (Å²) < 4.78 is 42.4. The third-order valence-corrected chi connectivity index (χ3v) is 4.37. The number of carboxylic acids is 1. The van der Waals surface area contributed by atoms with Gasteiger partial charge >= 0.3 is 18.2 Å². The van der Waals surface area contributed by atoms with E-state index in [0.717, 1.165) is 4.90 Å². The number of imide groups is 1. The summed E-state index contributed by atoms with van der Waals surface area (Å²) in [6.45, 7) is 5.26. The third kappa shape index (κ3) is 5.61. The van der Waals surface area contributed by atoms with Crippen LogP contribution in [0.5, 0.6) is 0 Å². The smallest absolute Gasteiger partial charge is 0.416 e. The number of nitrogens with zero attached hydrogens (tertiary/aromatic N) is 1. The van der Waals surface area contributed by atoms with Gasteiger partial charge in [-0.1, -0.05) is 27.2 Å². The Morgan fingerprint density at radius 2 is 1.88 bits per heavy atom. The van der Waals surface area contributed by atoms with Gasteiger partial charge in [0.25, 0.3) is 0 Å². The van der Waals surface area contributed by atoms with Crippen LogP contribution in [0.3, 0.4) is 0 Å². The van der Waals surface area contributed by atoms with E-state index in [1.54, 1.807) is 20.8 Å². The van der Waals surface area contributed by atoms with Crippen molar-refractivity contribution in [1.29, 1.82) is 0 Å². The van der Waals surface area contributed by atoms with Gasteiger partial charge in [0, 0.05) is 6.42 Å². The highest BCUT2D eigenvalue weighted by Crippen LogP contribution is 2.32. The minimum atomic E-state index is -4.51. The van der Waals surface area contributed by atoms with Crippen LogP contribution >= 0.6 is 0 Å². The Bertz CT molecular complexity index is 506. The standard InChI is InChI=1S/C16H24F3NO5/c1-4-5-10(11(14(22)23)6-7-16(17,18)19)13(21)20-12(9(2)3)8-25-15(20)24/h9-12H,4-8H2,1-3H3,(H,22,23)/t10?,11?,12-/m1/s1. The van der Waals surface area contributed by atoms with Gasteiger partial charge < -0.3 is 9.84 Å². The van der Waals surface area contributed by atoms with Gasteiger partial charge in [-0.15, -0.1) is 0 Å². The van der Waals surface area contributed by atoms with Gasteiger partial charge in [-0.3, -0.25) is 9.59 Å². The van der Waals surface area contributed by atoms with E-state index in [2.05, 4.69) is 0 Å². The molecule has 144 valence electrons. The highest BCUT2D eigenvalue weighted by molar-refractivity contribution is 5.96. The summed E-state index contributed by atoms with van der Waals surface area (Å²) in [5.41, 5.74) is 0. The predicted octanol–water partition coefficient (Wildman–Crippen LogP) is 3.45. The van der Waals surface area contributed by atoms with E-state index in [0.29, 0.717) is 6.42 Å². The van der Waals surface area contributed by atoms with Crippen molar-refractivity contribution in [3.05, 3.63) is 0 Å². The van der Waals surface area contributed by atoms with Gasteiger partial charge in [0.1, 0.15) is 6.61 Å². The quantitative estimate of drug-likeness (QED) is 0.710. The first-order chi connectivity index (χ1) is 11.5. The zero-order valence-electron chi connectivity index (χ0n) is 14.5. The van der Waals surface area contributed by atoms with Gasteiger partial charge in [-0.05, 0) is 18.8 Å². The Morgan fingerprint density at radius 3 is 2.32 bits per heavy atom. The highest BCUT2D eigenvalue weighted by atomic mass is 19.4. The molecule has 0 aliphatic carbocycles. The van der Waals surface area contributed by atoms with Crippen molar-refractivity contribution in [2.45, 2.75) is 58.7 Å². The second kappa shape index (κ2) is 8.53. The number of carbonyl (C=O) groups is 3. The largest absolute Gasteiger partial charge is 0.481 e. The highest BCUT2D eigenvalue weighted by Gasteiger charge is 2.45. The molecule has 0 aromatic heterocycles. The Morgan fingerprint density at radius 1 is 1.28 bits per heavy atom. The van der Waals surface area contributed by atoms with Crippen molar-refractivity contribution < 1.29 is 37.4 Å². The minimum Gasteiger partial charge on any atom is -0.481 e. The van der Waals surface area contributed by atoms with Crippen molar-refractivity contribution in [2.24, 2.45) is 17.8 Å². The number of rotatable bonds is 8. The van der Waals surface area contributed by atoms with Crippen molar-refractivity contribution in [3.63, 3.8) is 0 Å². The molecule has 1 N–H and O–H groups in total. The fourth-order valence-electron chi connectivity index (χ4n) is 2.98. The number of halogens is 3. The number of hydrogen-bond donors (Lipinski definition) is 1. The summed E-state index contributed by atoms with van der Waals surface area (Å²) in [6.07, 6.45) is -6.89. The molecule has 2 amide bonds. The van der Waals surface area contributed by atoms with Crippen LogP contribution in [-0.4, -0.2) is 46.8 Å². The SMILES string of the molecule is CCCC(C(=O)N1C(=O)OC[C@@H]1C(C)C)C(CCC(F)(F)F)C(=O)O. The first-order valence-corrected chi connectivity index (χ1v) is 8.29. The molecule has 0 bridgehead atoms. The van der Waals surface area contributed by atoms with Gasteiger partial charge in [-0.25, -0.2) is 9.69 Å². The molecular weight excluding hydrogens is 343 g/mol. The molecule has 1 heterocycles. The number of carbonyl (C=O) groups excluding carboxylic acids is 2. The van der Waals surface area contributed by atoms with Crippen LogP contribution in [0.25, 0.3) is 0 Å². The van der Waals surface area contributed by atoms with Crippen LogP contribution in [0.15, 0.2) is 0 Å². The summed E-state index contributed by atoms with van der Waals surface area (Å²) in [4.78, 5) is 37.1. The molecule has 1 aliphatic heterocycles. The summed E-state index contributed by atoms with van der Waals surface area (Å²) in [5.74, 6) is -5.05. The monoisotopic (exact) mass is 367 g/mol. The zero-order chi connectivity index (χ0) is 19.4. The molecular formula is C16H24F3NO5. The molecule has 1 rings (SSSR count). The van der Waals surface area contributed by atoms with Crippen LogP contribution in [0.4, 0.5) is 18.0 Å². The maximum atomic E-state index is 12.8. The zero-order valence-corrected chi connectivity index (χ0v) is 14.5. The van der Waals surface area contributed by atoms with E-state index < -0.39 is 54.9 Å². The van der Waals surface area contributed by atoms with Crippen molar-refractivity contribution in [3.8, 4) is 0 Å². The average Bonchev–Trinajstić information content (AvgIpc) is 2.86. The molecule has 1 fully saturated rings. The van der Waals surface area contributed by atoms with Crippen molar-refractivity contribution in [1.82, 2.24) is 4.90 Å². The van der Waals surface area contributed by atoms with Crippen molar-refractivity contribution >= 4 is 18.0 Å². The summed E-state index contributed by atoms with van der Waals surface area (Å²) in [7, 11) is 0. The van der Waals surface area contributed by atoms with E-state index in [1.807, 2.05) is 0 Å². The van der Waals surface area contributed by atoms with Crippen LogP contribution < -0.4 is 0 Å². The molecule has 9 heteroatoms. The number of amides is 2. The fraction of sp³-hybridized carbons (Fsp3) is 0.812. The average molecular weight is 367 g/mol. The molecule has 1 saturated heterocycles.